The zero-order valence-corrected chi connectivity index (χ0v) is 11.8. The fraction of sp³-hybridized carbons (Fsp3) is 0.235. The smallest absolute Gasteiger partial charge is 0.344 e. The molecule has 21 heavy (non-hydrogen) atoms. The lowest BCUT2D eigenvalue weighted by Crippen LogP contribution is -2.14. The first kappa shape index (κ1) is 15.0. The highest BCUT2D eigenvalue weighted by atomic mass is 19.1. The number of rotatable bonds is 6. The van der Waals surface area contributed by atoms with Crippen LogP contribution in [0.25, 0.3) is 0 Å². The van der Waals surface area contributed by atoms with Gasteiger partial charge in [0.15, 0.2) is 6.61 Å². The van der Waals surface area contributed by atoms with E-state index in [1.165, 1.54) is 17.7 Å². The molecule has 2 rings (SSSR count). The number of carbonyl (C=O) groups excluding carboxylic acids is 1. The molecule has 0 fully saturated rings. The zero-order valence-electron chi connectivity index (χ0n) is 11.8. The molecule has 0 radical (unpaired) electrons. The molecule has 3 nitrogen and oxygen atoms in total. The van der Waals surface area contributed by atoms with Crippen molar-refractivity contribution in [2.45, 2.75) is 20.0 Å². The van der Waals surface area contributed by atoms with Crippen LogP contribution in [0.3, 0.4) is 0 Å². The van der Waals surface area contributed by atoms with E-state index in [0.717, 1.165) is 12.0 Å². The topological polar surface area (TPSA) is 35.5 Å². The lowest BCUT2D eigenvalue weighted by atomic mass is 10.2. The summed E-state index contributed by atoms with van der Waals surface area (Å²) in [6.45, 7) is 2.03. The van der Waals surface area contributed by atoms with E-state index >= 15 is 0 Å². The second-order valence-corrected chi connectivity index (χ2v) is 4.57. The number of benzene rings is 2. The van der Waals surface area contributed by atoms with Gasteiger partial charge in [0, 0.05) is 0 Å². The van der Waals surface area contributed by atoms with Crippen molar-refractivity contribution in [1.82, 2.24) is 0 Å². The molecule has 2 aromatic carbocycles. The van der Waals surface area contributed by atoms with Crippen molar-refractivity contribution in [3.63, 3.8) is 0 Å². The first-order valence-electron chi connectivity index (χ1n) is 6.79. The molecule has 0 aliphatic rings. The normalized spacial score (nSPS) is 10.2. The molecule has 0 heterocycles. The van der Waals surface area contributed by atoms with E-state index in [1.54, 1.807) is 12.1 Å². The molecule has 0 unspecified atom stereocenters. The van der Waals surface area contributed by atoms with E-state index in [0.29, 0.717) is 5.75 Å². The number of halogens is 1. The SMILES string of the molecule is CCc1ccc(OCC(=O)OCc2ccc(F)cc2)cc1. The van der Waals surface area contributed by atoms with E-state index in [2.05, 4.69) is 6.92 Å². The monoisotopic (exact) mass is 288 g/mol. The molecular weight excluding hydrogens is 271 g/mol. The molecule has 0 atom stereocenters. The highest BCUT2D eigenvalue weighted by Crippen LogP contribution is 2.12. The number of aryl methyl sites for hydroxylation is 1. The van der Waals surface area contributed by atoms with E-state index in [1.807, 2.05) is 24.3 Å². The summed E-state index contributed by atoms with van der Waals surface area (Å²) in [7, 11) is 0. The average molecular weight is 288 g/mol. The van der Waals surface area contributed by atoms with Gasteiger partial charge < -0.3 is 9.47 Å². The van der Waals surface area contributed by atoms with Gasteiger partial charge in [-0.25, -0.2) is 9.18 Å². The van der Waals surface area contributed by atoms with Crippen LogP contribution < -0.4 is 4.74 Å². The third-order valence-electron chi connectivity index (χ3n) is 3.00. The Balaban J connectivity index is 1.75. The van der Waals surface area contributed by atoms with Crippen molar-refractivity contribution in [2.75, 3.05) is 6.61 Å². The predicted molar refractivity (Wildman–Crippen MR) is 77.5 cm³/mol. The molecule has 0 aliphatic carbocycles. The minimum absolute atomic E-state index is 0.108. The second kappa shape index (κ2) is 7.43. The number of carbonyl (C=O) groups is 1. The van der Waals surface area contributed by atoms with Crippen LogP contribution in [-0.2, 0) is 22.6 Å². The Labute approximate surface area is 123 Å². The third kappa shape index (κ3) is 4.91. The molecule has 0 aromatic heterocycles. The summed E-state index contributed by atoms with van der Waals surface area (Å²) in [6.07, 6.45) is 0.958. The molecule has 110 valence electrons. The highest BCUT2D eigenvalue weighted by molar-refractivity contribution is 5.71. The number of hydrogen-bond donors (Lipinski definition) is 0. The predicted octanol–water partition coefficient (Wildman–Crippen LogP) is 3.51. The lowest BCUT2D eigenvalue weighted by Gasteiger charge is -2.07. The van der Waals surface area contributed by atoms with Gasteiger partial charge in [-0.05, 0) is 41.8 Å². The zero-order chi connectivity index (χ0) is 15.1. The number of hydrogen-bond acceptors (Lipinski definition) is 3. The third-order valence-corrected chi connectivity index (χ3v) is 3.00. The Bertz CT molecular complexity index is 576. The van der Waals surface area contributed by atoms with Crippen LogP contribution in [0.1, 0.15) is 18.1 Å². The summed E-state index contributed by atoms with van der Waals surface area (Å²) >= 11 is 0. The standard InChI is InChI=1S/C17H17FO3/c1-2-13-5-9-16(10-6-13)20-12-17(19)21-11-14-3-7-15(18)8-4-14/h3-10H,2,11-12H2,1H3. The molecule has 0 saturated carbocycles. The van der Waals surface area contributed by atoms with Gasteiger partial charge in [-0.1, -0.05) is 31.2 Å². The molecule has 0 spiro atoms. The maximum absolute atomic E-state index is 12.7. The fourth-order valence-electron chi connectivity index (χ4n) is 1.75. The largest absolute Gasteiger partial charge is 0.482 e. The summed E-state index contributed by atoms with van der Waals surface area (Å²) in [4.78, 5) is 11.6. The van der Waals surface area contributed by atoms with E-state index in [-0.39, 0.29) is 19.0 Å². The van der Waals surface area contributed by atoms with Crippen molar-refractivity contribution in [2.24, 2.45) is 0 Å². The van der Waals surface area contributed by atoms with E-state index < -0.39 is 5.97 Å². The van der Waals surface area contributed by atoms with Crippen molar-refractivity contribution < 1.29 is 18.7 Å². The first-order valence-corrected chi connectivity index (χ1v) is 6.79. The van der Waals surface area contributed by atoms with Crippen molar-refractivity contribution in [3.05, 3.63) is 65.5 Å². The Morgan fingerprint density at radius 3 is 2.24 bits per heavy atom. The van der Waals surface area contributed by atoms with Gasteiger partial charge in [-0.15, -0.1) is 0 Å². The molecule has 0 saturated heterocycles. The Morgan fingerprint density at radius 1 is 1.00 bits per heavy atom. The molecule has 0 N–H and O–H groups in total. The molecule has 4 heteroatoms. The maximum atomic E-state index is 12.7. The molecule has 0 bridgehead atoms. The Morgan fingerprint density at radius 2 is 1.62 bits per heavy atom. The van der Waals surface area contributed by atoms with Crippen LogP contribution in [0, 0.1) is 5.82 Å². The molecule has 0 aliphatic heterocycles. The van der Waals surface area contributed by atoms with Crippen LogP contribution in [0.4, 0.5) is 4.39 Å². The summed E-state index contributed by atoms with van der Waals surface area (Å²) in [5.74, 6) is -0.145. The van der Waals surface area contributed by atoms with Crippen molar-refractivity contribution in [3.8, 4) is 5.75 Å². The first-order chi connectivity index (χ1) is 10.2. The minimum atomic E-state index is -0.459. The molecule has 0 amide bonds. The van der Waals surface area contributed by atoms with Gasteiger partial charge in [0.1, 0.15) is 18.2 Å². The quantitative estimate of drug-likeness (QED) is 0.763. The maximum Gasteiger partial charge on any atom is 0.344 e. The van der Waals surface area contributed by atoms with Crippen LogP contribution in [0.15, 0.2) is 48.5 Å². The van der Waals surface area contributed by atoms with Crippen molar-refractivity contribution in [1.29, 1.82) is 0 Å². The van der Waals surface area contributed by atoms with Crippen LogP contribution >= 0.6 is 0 Å². The highest BCUT2D eigenvalue weighted by Gasteiger charge is 2.05. The Kier molecular flexibility index (Phi) is 5.32. The number of ether oxygens (including phenoxy) is 2. The summed E-state index contributed by atoms with van der Waals surface area (Å²) in [5, 5.41) is 0. The fourth-order valence-corrected chi connectivity index (χ4v) is 1.75. The van der Waals surface area contributed by atoms with Gasteiger partial charge in [0.2, 0.25) is 0 Å². The van der Waals surface area contributed by atoms with Gasteiger partial charge in [-0.2, -0.15) is 0 Å². The second-order valence-electron chi connectivity index (χ2n) is 4.57. The average Bonchev–Trinajstić information content (AvgIpc) is 2.53. The summed E-state index contributed by atoms with van der Waals surface area (Å²) in [5.41, 5.74) is 1.94. The van der Waals surface area contributed by atoms with Crippen LogP contribution in [0.2, 0.25) is 0 Å². The van der Waals surface area contributed by atoms with Gasteiger partial charge in [0.25, 0.3) is 0 Å². The van der Waals surface area contributed by atoms with Crippen molar-refractivity contribution >= 4 is 5.97 Å². The minimum Gasteiger partial charge on any atom is -0.482 e. The van der Waals surface area contributed by atoms with Crippen LogP contribution in [-0.4, -0.2) is 12.6 Å². The number of esters is 1. The summed E-state index contributed by atoms with van der Waals surface area (Å²) < 4.78 is 23.1. The summed E-state index contributed by atoms with van der Waals surface area (Å²) in [6, 6.07) is 13.4. The lowest BCUT2D eigenvalue weighted by molar-refractivity contribution is -0.147. The van der Waals surface area contributed by atoms with Gasteiger partial charge >= 0.3 is 5.97 Å². The van der Waals surface area contributed by atoms with E-state index in [9.17, 15) is 9.18 Å². The Hall–Kier alpha value is -2.36. The molecular formula is C17H17FO3. The van der Waals surface area contributed by atoms with Gasteiger partial charge in [0.05, 0.1) is 0 Å². The molecule has 2 aromatic rings. The van der Waals surface area contributed by atoms with Crippen LogP contribution in [0.5, 0.6) is 5.75 Å². The van der Waals surface area contributed by atoms with E-state index in [4.69, 9.17) is 9.47 Å². The van der Waals surface area contributed by atoms with Gasteiger partial charge in [-0.3, -0.25) is 0 Å².